The first-order valence-electron chi connectivity index (χ1n) is 6.30. The van der Waals surface area contributed by atoms with Gasteiger partial charge in [0.25, 0.3) is 0 Å². The number of furan rings is 1. The number of benzene rings is 1. The Hall–Kier alpha value is -1.65. The highest BCUT2D eigenvalue weighted by Crippen LogP contribution is 2.24. The van der Waals surface area contributed by atoms with Gasteiger partial charge in [-0.3, -0.25) is 4.90 Å². The Kier molecular flexibility index (Phi) is 4.35. The molecule has 0 aliphatic carbocycles. The molecule has 2 N–H and O–H groups in total. The second kappa shape index (κ2) is 5.99. The van der Waals surface area contributed by atoms with Crippen LogP contribution in [0.15, 0.2) is 47.3 Å². The summed E-state index contributed by atoms with van der Waals surface area (Å²) < 4.78 is 18.4. The van der Waals surface area contributed by atoms with Gasteiger partial charge < -0.3 is 10.2 Å². The van der Waals surface area contributed by atoms with Gasteiger partial charge in [-0.15, -0.1) is 0 Å². The van der Waals surface area contributed by atoms with Crippen LogP contribution >= 0.6 is 0 Å². The van der Waals surface area contributed by atoms with Crippen LogP contribution in [0.2, 0.25) is 0 Å². The fourth-order valence-corrected chi connectivity index (χ4v) is 2.42. The minimum Gasteiger partial charge on any atom is -0.472 e. The molecule has 1 aromatic carbocycles. The van der Waals surface area contributed by atoms with Crippen molar-refractivity contribution in [3.63, 3.8) is 0 Å². The van der Waals surface area contributed by atoms with E-state index >= 15 is 0 Å². The van der Waals surface area contributed by atoms with Crippen LogP contribution in [0, 0.1) is 5.82 Å². The molecule has 0 amide bonds. The molecule has 1 aromatic heterocycles. The van der Waals surface area contributed by atoms with E-state index in [1.165, 1.54) is 6.07 Å². The second-order valence-electron chi connectivity index (χ2n) is 4.91. The average Bonchev–Trinajstić information content (AvgIpc) is 2.81. The summed E-state index contributed by atoms with van der Waals surface area (Å²) in [6.45, 7) is 2.64. The molecule has 0 spiro atoms. The van der Waals surface area contributed by atoms with E-state index < -0.39 is 0 Å². The highest BCUT2D eigenvalue weighted by molar-refractivity contribution is 5.22. The number of likely N-dealkylation sites (N-methyl/N-ethyl adjacent to an activating group) is 1. The molecule has 0 aliphatic rings. The summed E-state index contributed by atoms with van der Waals surface area (Å²) in [5.41, 5.74) is 8.02. The summed E-state index contributed by atoms with van der Waals surface area (Å²) in [5.74, 6) is -0.236. The second-order valence-corrected chi connectivity index (χ2v) is 4.91. The van der Waals surface area contributed by atoms with Gasteiger partial charge in [-0.1, -0.05) is 12.1 Å². The normalized spacial score (nSPS) is 14.6. The molecule has 0 saturated heterocycles. The minimum absolute atomic E-state index is 0.0365. The Bertz CT molecular complexity index is 511. The van der Waals surface area contributed by atoms with Crippen molar-refractivity contribution in [2.75, 3.05) is 7.05 Å². The molecule has 2 rings (SSSR count). The maximum absolute atomic E-state index is 13.4. The van der Waals surface area contributed by atoms with Crippen LogP contribution in [0.25, 0.3) is 0 Å². The van der Waals surface area contributed by atoms with E-state index in [2.05, 4.69) is 4.90 Å². The van der Waals surface area contributed by atoms with Gasteiger partial charge in [0.05, 0.1) is 12.5 Å². The number of nitrogens with zero attached hydrogens (tertiary/aromatic N) is 1. The molecule has 19 heavy (non-hydrogen) atoms. The first-order valence-corrected chi connectivity index (χ1v) is 6.30. The Balaban J connectivity index is 2.20. The summed E-state index contributed by atoms with van der Waals surface area (Å²) in [6, 6.07) is 8.39. The molecule has 1 heterocycles. The van der Waals surface area contributed by atoms with E-state index in [0.29, 0.717) is 6.54 Å². The van der Waals surface area contributed by atoms with E-state index in [-0.39, 0.29) is 17.9 Å². The lowest BCUT2D eigenvalue weighted by Crippen LogP contribution is -2.36. The van der Waals surface area contributed by atoms with E-state index in [1.807, 2.05) is 26.1 Å². The van der Waals surface area contributed by atoms with Crippen molar-refractivity contribution < 1.29 is 8.81 Å². The smallest absolute Gasteiger partial charge is 0.123 e. The fourth-order valence-electron chi connectivity index (χ4n) is 2.42. The van der Waals surface area contributed by atoms with Gasteiger partial charge in [-0.2, -0.15) is 0 Å². The highest BCUT2D eigenvalue weighted by atomic mass is 19.1. The van der Waals surface area contributed by atoms with Crippen LogP contribution in [0.3, 0.4) is 0 Å². The predicted octanol–water partition coefficient (Wildman–Crippen LogP) is 2.94. The molecule has 2 aromatic rings. The SMILES string of the molecule is CC(N)C(c1cccc(F)c1)N(C)Cc1ccoc1. The van der Waals surface area contributed by atoms with Crippen LogP contribution in [-0.2, 0) is 6.54 Å². The largest absolute Gasteiger partial charge is 0.472 e. The molecule has 3 nitrogen and oxygen atoms in total. The summed E-state index contributed by atoms with van der Waals surface area (Å²) in [6.07, 6.45) is 3.35. The van der Waals surface area contributed by atoms with Crippen LogP contribution in [0.1, 0.15) is 24.1 Å². The molecule has 0 fully saturated rings. The molecule has 2 unspecified atom stereocenters. The molecular formula is C15H19FN2O. The minimum atomic E-state index is -0.236. The Morgan fingerprint density at radius 3 is 2.74 bits per heavy atom. The standard InChI is InChI=1S/C15H19FN2O/c1-11(17)15(13-4-3-5-14(16)8-13)18(2)9-12-6-7-19-10-12/h3-8,10-11,15H,9,17H2,1-2H3. The summed E-state index contributed by atoms with van der Waals surface area (Å²) in [4.78, 5) is 2.10. The molecular weight excluding hydrogens is 243 g/mol. The predicted molar refractivity (Wildman–Crippen MR) is 73.0 cm³/mol. The number of rotatable bonds is 5. The number of halogens is 1. The molecule has 2 atom stereocenters. The van der Waals surface area contributed by atoms with Crippen molar-refractivity contribution in [2.45, 2.75) is 25.6 Å². The summed E-state index contributed by atoms with van der Waals surface area (Å²) >= 11 is 0. The zero-order valence-corrected chi connectivity index (χ0v) is 11.2. The fraction of sp³-hybridized carbons (Fsp3) is 0.333. The molecule has 102 valence electrons. The maximum Gasteiger partial charge on any atom is 0.123 e. The first-order chi connectivity index (χ1) is 9.08. The van der Waals surface area contributed by atoms with Gasteiger partial charge in [0.2, 0.25) is 0 Å². The number of nitrogens with two attached hydrogens (primary N) is 1. The lowest BCUT2D eigenvalue weighted by molar-refractivity contribution is 0.210. The van der Waals surface area contributed by atoms with Crippen molar-refractivity contribution in [2.24, 2.45) is 5.73 Å². The summed E-state index contributed by atoms with van der Waals surface area (Å²) in [5, 5.41) is 0. The highest BCUT2D eigenvalue weighted by Gasteiger charge is 2.21. The number of hydrogen-bond donors (Lipinski definition) is 1. The first kappa shape index (κ1) is 13.8. The van der Waals surface area contributed by atoms with Crippen LogP contribution < -0.4 is 5.73 Å². The third-order valence-electron chi connectivity index (χ3n) is 3.18. The van der Waals surface area contributed by atoms with E-state index in [9.17, 15) is 4.39 Å². The van der Waals surface area contributed by atoms with Gasteiger partial charge >= 0.3 is 0 Å². The van der Waals surface area contributed by atoms with Crippen LogP contribution in [0.4, 0.5) is 4.39 Å². The molecule has 0 bridgehead atoms. The van der Waals surface area contributed by atoms with E-state index in [0.717, 1.165) is 11.1 Å². The Morgan fingerprint density at radius 1 is 1.37 bits per heavy atom. The maximum atomic E-state index is 13.4. The van der Waals surface area contributed by atoms with Crippen molar-refractivity contribution >= 4 is 0 Å². The van der Waals surface area contributed by atoms with Crippen molar-refractivity contribution in [3.8, 4) is 0 Å². The van der Waals surface area contributed by atoms with E-state index in [1.54, 1.807) is 24.7 Å². The van der Waals surface area contributed by atoms with E-state index in [4.69, 9.17) is 10.2 Å². The van der Waals surface area contributed by atoms with Crippen molar-refractivity contribution in [1.29, 1.82) is 0 Å². The van der Waals surface area contributed by atoms with Gasteiger partial charge in [-0.05, 0) is 37.7 Å². The molecule has 0 aliphatic heterocycles. The van der Waals surface area contributed by atoms with Gasteiger partial charge in [0, 0.05) is 24.2 Å². The van der Waals surface area contributed by atoms with Gasteiger partial charge in [-0.25, -0.2) is 4.39 Å². The zero-order valence-electron chi connectivity index (χ0n) is 11.2. The van der Waals surface area contributed by atoms with Crippen LogP contribution in [-0.4, -0.2) is 18.0 Å². The third-order valence-corrected chi connectivity index (χ3v) is 3.18. The van der Waals surface area contributed by atoms with Crippen molar-refractivity contribution in [3.05, 3.63) is 59.8 Å². The number of hydrogen-bond acceptors (Lipinski definition) is 3. The zero-order chi connectivity index (χ0) is 13.8. The summed E-state index contributed by atoms with van der Waals surface area (Å²) in [7, 11) is 1.98. The molecule has 0 radical (unpaired) electrons. The third kappa shape index (κ3) is 3.43. The molecule has 4 heteroatoms. The molecule has 0 saturated carbocycles. The van der Waals surface area contributed by atoms with Gasteiger partial charge in [0.1, 0.15) is 5.82 Å². The van der Waals surface area contributed by atoms with Crippen LogP contribution in [0.5, 0.6) is 0 Å². The monoisotopic (exact) mass is 262 g/mol. The quantitative estimate of drug-likeness (QED) is 0.900. The topological polar surface area (TPSA) is 42.4 Å². The lowest BCUT2D eigenvalue weighted by atomic mass is 9.99. The van der Waals surface area contributed by atoms with Crippen molar-refractivity contribution in [1.82, 2.24) is 4.90 Å². The van der Waals surface area contributed by atoms with Gasteiger partial charge in [0.15, 0.2) is 0 Å². The Labute approximate surface area is 112 Å². The average molecular weight is 262 g/mol. The Morgan fingerprint density at radius 2 is 2.16 bits per heavy atom. The lowest BCUT2D eigenvalue weighted by Gasteiger charge is -2.31.